The van der Waals surface area contributed by atoms with Gasteiger partial charge in [0.1, 0.15) is 0 Å². The molecular formula is C16H23BrN4O2. The maximum Gasteiger partial charge on any atom is 0.257 e. The molecule has 23 heavy (non-hydrogen) atoms. The summed E-state index contributed by atoms with van der Waals surface area (Å²) in [5.41, 5.74) is 1.83. The molecule has 3 heterocycles. The number of fused-ring (bicyclic) bond motifs is 1. The lowest BCUT2D eigenvalue weighted by Gasteiger charge is -2.35. The van der Waals surface area contributed by atoms with E-state index in [1.54, 1.807) is 6.20 Å². The predicted molar refractivity (Wildman–Crippen MR) is 90.7 cm³/mol. The Morgan fingerprint density at radius 2 is 1.83 bits per heavy atom. The summed E-state index contributed by atoms with van der Waals surface area (Å²) in [5, 5.41) is 5.20. The summed E-state index contributed by atoms with van der Waals surface area (Å²) in [6.45, 7) is 3.41. The molecule has 1 fully saturated rings. The van der Waals surface area contributed by atoms with Gasteiger partial charge in [0.05, 0.1) is 17.5 Å². The third-order valence-corrected chi connectivity index (χ3v) is 5.22. The van der Waals surface area contributed by atoms with Crippen molar-refractivity contribution in [3.8, 4) is 0 Å². The van der Waals surface area contributed by atoms with Crippen LogP contribution in [0, 0.1) is 0 Å². The lowest BCUT2D eigenvalue weighted by atomic mass is 10.1. The van der Waals surface area contributed by atoms with Crippen molar-refractivity contribution >= 4 is 27.7 Å². The highest BCUT2D eigenvalue weighted by Crippen LogP contribution is 2.20. The van der Waals surface area contributed by atoms with Gasteiger partial charge in [0.25, 0.3) is 5.91 Å². The number of hydrogen-bond acceptors (Lipinski definition) is 3. The fourth-order valence-electron chi connectivity index (χ4n) is 3.31. The number of carbonyl (C=O) groups is 2. The van der Waals surface area contributed by atoms with Gasteiger partial charge in [0, 0.05) is 44.5 Å². The Balaban J connectivity index is 1.58. The number of amides is 2. The normalized spacial score (nSPS) is 18.0. The third kappa shape index (κ3) is 3.59. The van der Waals surface area contributed by atoms with Crippen molar-refractivity contribution in [3.63, 3.8) is 0 Å². The molecule has 2 aliphatic heterocycles. The number of aromatic nitrogens is 2. The second-order valence-corrected chi connectivity index (χ2v) is 6.94. The molecule has 1 saturated heterocycles. The van der Waals surface area contributed by atoms with E-state index in [0.717, 1.165) is 48.8 Å². The van der Waals surface area contributed by atoms with E-state index in [-0.39, 0.29) is 11.8 Å². The van der Waals surface area contributed by atoms with Crippen LogP contribution in [0.15, 0.2) is 6.20 Å². The zero-order chi connectivity index (χ0) is 16.2. The molecule has 3 rings (SSSR count). The highest BCUT2D eigenvalue weighted by molar-refractivity contribution is 9.09. The number of nitrogens with zero attached hydrogens (tertiary/aromatic N) is 4. The van der Waals surface area contributed by atoms with E-state index in [4.69, 9.17) is 0 Å². The van der Waals surface area contributed by atoms with E-state index < -0.39 is 0 Å². The molecule has 0 aromatic carbocycles. The summed E-state index contributed by atoms with van der Waals surface area (Å²) >= 11 is 3.35. The zero-order valence-electron chi connectivity index (χ0n) is 13.3. The van der Waals surface area contributed by atoms with Gasteiger partial charge in [-0.05, 0) is 25.7 Å². The highest BCUT2D eigenvalue weighted by Gasteiger charge is 2.28. The number of alkyl halides is 1. The van der Waals surface area contributed by atoms with Crippen LogP contribution in [0.4, 0.5) is 0 Å². The largest absolute Gasteiger partial charge is 0.339 e. The lowest BCUT2D eigenvalue weighted by Crippen LogP contribution is -2.50. The Hall–Kier alpha value is -1.37. The molecule has 0 spiro atoms. The lowest BCUT2D eigenvalue weighted by molar-refractivity contribution is -0.132. The van der Waals surface area contributed by atoms with Crippen molar-refractivity contribution in [3.05, 3.63) is 17.5 Å². The maximum absolute atomic E-state index is 12.7. The van der Waals surface area contributed by atoms with Crippen LogP contribution in [0.3, 0.4) is 0 Å². The SMILES string of the molecule is O=C(CCCBr)N1CCN(C(=O)c2cnn3c2CCCC3)CC1. The topological polar surface area (TPSA) is 58.4 Å². The minimum atomic E-state index is 0.0701. The maximum atomic E-state index is 12.7. The van der Waals surface area contributed by atoms with E-state index in [2.05, 4.69) is 21.0 Å². The van der Waals surface area contributed by atoms with Crippen molar-refractivity contribution in [2.75, 3.05) is 31.5 Å². The molecule has 0 radical (unpaired) electrons. The van der Waals surface area contributed by atoms with Crippen molar-refractivity contribution in [2.45, 2.75) is 38.6 Å². The summed E-state index contributed by atoms with van der Waals surface area (Å²) in [5.74, 6) is 0.264. The van der Waals surface area contributed by atoms with Gasteiger partial charge >= 0.3 is 0 Å². The first-order chi connectivity index (χ1) is 11.2. The Morgan fingerprint density at radius 1 is 1.09 bits per heavy atom. The summed E-state index contributed by atoms with van der Waals surface area (Å²) in [4.78, 5) is 28.5. The molecule has 7 heteroatoms. The van der Waals surface area contributed by atoms with Gasteiger partial charge in [-0.25, -0.2) is 0 Å². The molecule has 0 unspecified atom stereocenters. The van der Waals surface area contributed by atoms with Crippen molar-refractivity contribution in [1.29, 1.82) is 0 Å². The second-order valence-electron chi connectivity index (χ2n) is 6.15. The molecule has 2 aliphatic rings. The van der Waals surface area contributed by atoms with Gasteiger partial charge in [-0.2, -0.15) is 5.10 Å². The molecule has 1 aromatic heterocycles. The molecule has 6 nitrogen and oxygen atoms in total. The molecule has 0 atom stereocenters. The van der Waals surface area contributed by atoms with Crippen molar-refractivity contribution < 1.29 is 9.59 Å². The molecular weight excluding hydrogens is 360 g/mol. The molecule has 126 valence electrons. The average Bonchev–Trinajstić information content (AvgIpc) is 3.03. The summed E-state index contributed by atoms with van der Waals surface area (Å²) < 4.78 is 1.97. The fourth-order valence-corrected chi connectivity index (χ4v) is 3.59. The number of halogens is 1. The number of hydrogen-bond donors (Lipinski definition) is 0. The van der Waals surface area contributed by atoms with Gasteiger partial charge in [-0.15, -0.1) is 0 Å². The van der Waals surface area contributed by atoms with Crippen LogP contribution in [0.5, 0.6) is 0 Å². The molecule has 0 aliphatic carbocycles. The first-order valence-corrected chi connectivity index (χ1v) is 9.50. The Kier molecular flexibility index (Phi) is 5.35. The Morgan fingerprint density at radius 3 is 2.57 bits per heavy atom. The first kappa shape index (κ1) is 16.5. The molecule has 0 N–H and O–H groups in total. The number of rotatable bonds is 4. The Bertz CT molecular complexity index is 579. The minimum absolute atomic E-state index is 0.0701. The van der Waals surface area contributed by atoms with E-state index in [9.17, 15) is 9.59 Å². The smallest absolute Gasteiger partial charge is 0.257 e. The summed E-state index contributed by atoms with van der Waals surface area (Å²) in [6.07, 6.45) is 6.36. The van der Waals surface area contributed by atoms with Crippen LogP contribution < -0.4 is 0 Å². The first-order valence-electron chi connectivity index (χ1n) is 8.38. The van der Waals surface area contributed by atoms with Gasteiger partial charge in [-0.3, -0.25) is 14.3 Å². The van der Waals surface area contributed by atoms with Crippen LogP contribution in [0.25, 0.3) is 0 Å². The van der Waals surface area contributed by atoms with Gasteiger partial charge in [0.2, 0.25) is 5.91 Å². The molecule has 2 amide bonds. The molecule has 0 saturated carbocycles. The van der Waals surface area contributed by atoms with Crippen LogP contribution in [-0.4, -0.2) is 62.9 Å². The number of piperazine rings is 1. The van der Waals surface area contributed by atoms with Crippen LogP contribution >= 0.6 is 15.9 Å². The van der Waals surface area contributed by atoms with E-state index in [0.29, 0.717) is 32.6 Å². The average molecular weight is 383 g/mol. The minimum Gasteiger partial charge on any atom is -0.339 e. The van der Waals surface area contributed by atoms with Crippen LogP contribution in [-0.2, 0) is 17.8 Å². The monoisotopic (exact) mass is 382 g/mol. The van der Waals surface area contributed by atoms with Crippen molar-refractivity contribution in [2.24, 2.45) is 0 Å². The van der Waals surface area contributed by atoms with E-state index in [1.807, 2.05) is 14.5 Å². The van der Waals surface area contributed by atoms with E-state index in [1.165, 1.54) is 0 Å². The van der Waals surface area contributed by atoms with Crippen LogP contribution in [0.1, 0.15) is 41.7 Å². The standard InChI is InChI=1S/C16H23BrN4O2/c17-6-3-5-15(22)19-8-10-20(11-9-19)16(23)13-12-18-21-7-2-1-4-14(13)21/h12H,1-11H2. The van der Waals surface area contributed by atoms with Gasteiger partial charge in [0.15, 0.2) is 0 Å². The molecule has 0 bridgehead atoms. The van der Waals surface area contributed by atoms with Gasteiger partial charge < -0.3 is 9.80 Å². The summed E-state index contributed by atoms with van der Waals surface area (Å²) in [7, 11) is 0. The zero-order valence-corrected chi connectivity index (χ0v) is 14.9. The quantitative estimate of drug-likeness (QED) is 0.744. The fraction of sp³-hybridized carbons (Fsp3) is 0.688. The summed E-state index contributed by atoms with van der Waals surface area (Å²) in [6, 6.07) is 0. The number of carbonyl (C=O) groups excluding carboxylic acids is 2. The van der Waals surface area contributed by atoms with E-state index >= 15 is 0 Å². The second kappa shape index (κ2) is 7.47. The van der Waals surface area contributed by atoms with Crippen molar-refractivity contribution in [1.82, 2.24) is 19.6 Å². The highest BCUT2D eigenvalue weighted by atomic mass is 79.9. The third-order valence-electron chi connectivity index (χ3n) is 4.66. The Labute approximate surface area is 144 Å². The number of aryl methyl sites for hydroxylation is 1. The molecule has 1 aromatic rings. The predicted octanol–water partition coefficient (Wildman–Crippen LogP) is 1.68. The van der Waals surface area contributed by atoms with Gasteiger partial charge in [-0.1, -0.05) is 15.9 Å². The van der Waals surface area contributed by atoms with Crippen LogP contribution in [0.2, 0.25) is 0 Å².